The van der Waals surface area contributed by atoms with E-state index in [1.807, 2.05) is 0 Å². The molecule has 3 N–H and O–H groups in total. The van der Waals surface area contributed by atoms with Crippen molar-refractivity contribution in [2.24, 2.45) is 0 Å². The summed E-state index contributed by atoms with van der Waals surface area (Å²) in [7, 11) is 1.50. The van der Waals surface area contributed by atoms with Crippen LogP contribution in [0.4, 0.5) is 0 Å². The Balaban J connectivity index is 2.74. The van der Waals surface area contributed by atoms with E-state index in [0.717, 1.165) is 0 Å². The standard InChI is InChI=1S/C12H19N3O4/c1-7-10(8(2)14-12(18)13-7)4-11(17)15-9(5-16)6-19-3/h9,16H,4-6H2,1-3H3,(H,15,17)(H,13,14,18). The molecule has 0 radical (unpaired) electrons. The fourth-order valence-corrected chi connectivity index (χ4v) is 1.80. The van der Waals surface area contributed by atoms with Gasteiger partial charge in [0.15, 0.2) is 0 Å². The smallest absolute Gasteiger partial charge is 0.345 e. The SMILES string of the molecule is COCC(CO)NC(=O)Cc1c(C)nc(=O)[nH]c1C. The maximum Gasteiger partial charge on any atom is 0.345 e. The zero-order chi connectivity index (χ0) is 14.4. The molecular formula is C12H19N3O4. The summed E-state index contributed by atoms with van der Waals surface area (Å²) < 4.78 is 4.87. The highest BCUT2D eigenvalue weighted by molar-refractivity contribution is 5.79. The van der Waals surface area contributed by atoms with Crippen LogP contribution in [0.2, 0.25) is 0 Å². The molecule has 1 heterocycles. The zero-order valence-electron chi connectivity index (χ0n) is 11.3. The van der Waals surface area contributed by atoms with E-state index < -0.39 is 11.7 Å². The minimum atomic E-state index is -0.436. The predicted octanol–water partition coefficient (Wildman–Crippen LogP) is -0.947. The number of aliphatic hydroxyl groups is 1. The Bertz CT molecular complexity index is 472. The zero-order valence-corrected chi connectivity index (χ0v) is 11.3. The maximum atomic E-state index is 11.8. The molecule has 0 spiro atoms. The number of hydrogen-bond donors (Lipinski definition) is 3. The number of carbonyl (C=O) groups is 1. The van der Waals surface area contributed by atoms with Crippen molar-refractivity contribution in [3.63, 3.8) is 0 Å². The maximum absolute atomic E-state index is 11.8. The topological polar surface area (TPSA) is 104 Å². The summed E-state index contributed by atoms with van der Waals surface area (Å²) in [5, 5.41) is 11.7. The molecule has 0 aromatic carbocycles. The van der Waals surface area contributed by atoms with Crippen LogP contribution in [0, 0.1) is 13.8 Å². The molecule has 7 heteroatoms. The molecule has 1 aromatic rings. The van der Waals surface area contributed by atoms with Gasteiger partial charge >= 0.3 is 5.69 Å². The van der Waals surface area contributed by atoms with Crippen LogP contribution < -0.4 is 11.0 Å². The number of rotatable bonds is 6. The fourth-order valence-electron chi connectivity index (χ4n) is 1.80. The molecule has 1 unspecified atom stereocenters. The van der Waals surface area contributed by atoms with E-state index >= 15 is 0 Å². The highest BCUT2D eigenvalue weighted by atomic mass is 16.5. The van der Waals surface area contributed by atoms with Gasteiger partial charge < -0.3 is 20.1 Å². The van der Waals surface area contributed by atoms with Crippen LogP contribution in [0.25, 0.3) is 0 Å². The first-order valence-electron chi connectivity index (χ1n) is 5.93. The van der Waals surface area contributed by atoms with Crippen LogP contribution in [0.5, 0.6) is 0 Å². The number of ether oxygens (including phenoxy) is 1. The van der Waals surface area contributed by atoms with Gasteiger partial charge in [0.25, 0.3) is 0 Å². The Morgan fingerprint density at radius 1 is 1.53 bits per heavy atom. The molecule has 1 aromatic heterocycles. The van der Waals surface area contributed by atoms with E-state index in [2.05, 4.69) is 15.3 Å². The van der Waals surface area contributed by atoms with Crippen molar-refractivity contribution in [1.29, 1.82) is 0 Å². The number of nitrogens with zero attached hydrogens (tertiary/aromatic N) is 1. The van der Waals surface area contributed by atoms with E-state index in [-0.39, 0.29) is 25.5 Å². The van der Waals surface area contributed by atoms with E-state index in [9.17, 15) is 9.59 Å². The second kappa shape index (κ2) is 7.01. The van der Waals surface area contributed by atoms with Crippen molar-refractivity contribution in [3.05, 3.63) is 27.4 Å². The lowest BCUT2D eigenvalue weighted by atomic mass is 10.1. The average molecular weight is 269 g/mol. The summed E-state index contributed by atoms with van der Waals surface area (Å²) in [6.07, 6.45) is 0.0989. The summed E-state index contributed by atoms with van der Waals surface area (Å²) in [4.78, 5) is 29.3. The molecule has 0 fully saturated rings. The van der Waals surface area contributed by atoms with Crippen molar-refractivity contribution in [3.8, 4) is 0 Å². The third kappa shape index (κ3) is 4.46. The van der Waals surface area contributed by atoms with Gasteiger partial charge in [-0.1, -0.05) is 0 Å². The Hall–Kier alpha value is -1.73. The Morgan fingerprint density at radius 2 is 2.21 bits per heavy atom. The van der Waals surface area contributed by atoms with Gasteiger partial charge in [-0.25, -0.2) is 4.79 Å². The fraction of sp³-hybridized carbons (Fsp3) is 0.583. The molecule has 19 heavy (non-hydrogen) atoms. The van der Waals surface area contributed by atoms with Gasteiger partial charge in [-0.3, -0.25) is 4.79 Å². The van der Waals surface area contributed by atoms with Gasteiger partial charge in [0.1, 0.15) is 0 Å². The minimum absolute atomic E-state index is 0.0989. The van der Waals surface area contributed by atoms with Crippen molar-refractivity contribution < 1.29 is 14.6 Å². The normalized spacial score (nSPS) is 12.2. The van der Waals surface area contributed by atoms with Crippen LogP contribution in [-0.2, 0) is 16.0 Å². The van der Waals surface area contributed by atoms with Gasteiger partial charge in [-0.15, -0.1) is 0 Å². The largest absolute Gasteiger partial charge is 0.394 e. The van der Waals surface area contributed by atoms with Gasteiger partial charge in [0.05, 0.1) is 25.7 Å². The molecule has 0 aliphatic heterocycles. The highest BCUT2D eigenvalue weighted by Gasteiger charge is 2.14. The second-order valence-corrected chi connectivity index (χ2v) is 4.31. The number of amides is 1. The predicted molar refractivity (Wildman–Crippen MR) is 68.9 cm³/mol. The lowest BCUT2D eigenvalue weighted by Crippen LogP contribution is -2.41. The van der Waals surface area contributed by atoms with E-state index in [1.165, 1.54) is 7.11 Å². The number of H-pyrrole nitrogens is 1. The number of aromatic amines is 1. The molecule has 7 nitrogen and oxygen atoms in total. The second-order valence-electron chi connectivity index (χ2n) is 4.31. The summed E-state index contributed by atoms with van der Waals surface area (Å²) in [6.45, 7) is 3.45. The molecule has 0 bridgehead atoms. The summed E-state index contributed by atoms with van der Waals surface area (Å²) in [5.41, 5.74) is 1.42. The first kappa shape index (κ1) is 15.3. The van der Waals surface area contributed by atoms with Crippen LogP contribution in [0.3, 0.4) is 0 Å². The van der Waals surface area contributed by atoms with Gasteiger partial charge in [0, 0.05) is 24.1 Å². The molecule has 1 rings (SSSR count). The number of aromatic nitrogens is 2. The summed E-state index contributed by atoms with van der Waals surface area (Å²) in [6, 6.07) is -0.436. The number of aryl methyl sites for hydroxylation is 2. The van der Waals surface area contributed by atoms with Gasteiger partial charge in [-0.2, -0.15) is 4.98 Å². The first-order chi connectivity index (χ1) is 8.97. The molecule has 0 saturated carbocycles. The monoisotopic (exact) mass is 269 g/mol. The molecule has 106 valence electrons. The Labute approximate surface area is 111 Å². The number of nitrogens with one attached hydrogen (secondary N) is 2. The van der Waals surface area contributed by atoms with E-state index in [0.29, 0.717) is 17.0 Å². The Kier molecular flexibility index (Phi) is 5.65. The third-order valence-electron chi connectivity index (χ3n) is 2.74. The lowest BCUT2D eigenvalue weighted by Gasteiger charge is -2.16. The van der Waals surface area contributed by atoms with E-state index in [4.69, 9.17) is 9.84 Å². The number of aliphatic hydroxyl groups excluding tert-OH is 1. The molecule has 0 aliphatic carbocycles. The summed E-state index contributed by atoms with van der Waals surface area (Å²) in [5.74, 6) is -0.254. The third-order valence-corrected chi connectivity index (χ3v) is 2.74. The summed E-state index contributed by atoms with van der Waals surface area (Å²) >= 11 is 0. The van der Waals surface area contributed by atoms with Crippen molar-refractivity contribution in [2.75, 3.05) is 20.3 Å². The first-order valence-corrected chi connectivity index (χ1v) is 5.93. The minimum Gasteiger partial charge on any atom is -0.394 e. The van der Waals surface area contributed by atoms with Crippen molar-refractivity contribution in [1.82, 2.24) is 15.3 Å². The Morgan fingerprint density at radius 3 is 2.74 bits per heavy atom. The number of methoxy groups -OCH3 is 1. The van der Waals surface area contributed by atoms with Gasteiger partial charge in [0.2, 0.25) is 5.91 Å². The molecule has 1 amide bonds. The van der Waals surface area contributed by atoms with Crippen molar-refractivity contribution in [2.45, 2.75) is 26.3 Å². The van der Waals surface area contributed by atoms with Crippen LogP contribution in [0.15, 0.2) is 4.79 Å². The van der Waals surface area contributed by atoms with Crippen LogP contribution in [0.1, 0.15) is 17.0 Å². The molecule has 0 saturated heterocycles. The molecule has 0 aliphatic rings. The average Bonchev–Trinajstić information content (AvgIpc) is 2.33. The number of hydrogen-bond acceptors (Lipinski definition) is 5. The van der Waals surface area contributed by atoms with Crippen molar-refractivity contribution >= 4 is 5.91 Å². The van der Waals surface area contributed by atoms with Crippen LogP contribution >= 0.6 is 0 Å². The molecule has 1 atom stereocenters. The van der Waals surface area contributed by atoms with Gasteiger partial charge in [-0.05, 0) is 13.8 Å². The highest BCUT2D eigenvalue weighted by Crippen LogP contribution is 2.07. The van der Waals surface area contributed by atoms with Crippen LogP contribution in [-0.4, -0.2) is 47.3 Å². The molecular weight excluding hydrogens is 250 g/mol. The number of carbonyl (C=O) groups excluding carboxylic acids is 1. The lowest BCUT2D eigenvalue weighted by molar-refractivity contribution is -0.121. The van der Waals surface area contributed by atoms with E-state index in [1.54, 1.807) is 13.8 Å². The quantitative estimate of drug-likeness (QED) is 0.618.